The maximum atomic E-state index is 13.2. The zero-order valence-corrected chi connectivity index (χ0v) is 8.01. The lowest BCUT2D eigenvalue weighted by molar-refractivity contribution is -0.120. The van der Waals surface area contributed by atoms with Gasteiger partial charge in [-0.05, 0) is 23.3 Å². The third-order valence-corrected chi connectivity index (χ3v) is 1.94. The number of carbonyl (C=O) groups is 1. The van der Waals surface area contributed by atoms with Gasteiger partial charge in [-0.2, -0.15) is 0 Å². The molecule has 0 bridgehead atoms. The molecule has 0 atom stereocenters. The molecule has 0 saturated carbocycles. The molecule has 1 amide bonds. The van der Waals surface area contributed by atoms with Gasteiger partial charge in [0.2, 0.25) is 5.91 Å². The summed E-state index contributed by atoms with van der Waals surface area (Å²) in [5, 5.41) is 2.45. The van der Waals surface area contributed by atoms with Crippen molar-refractivity contribution in [3.63, 3.8) is 0 Å². The summed E-state index contributed by atoms with van der Waals surface area (Å²) in [6.45, 7) is 3.58. The maximum Gasteiger partial charge on any atom is 0.224 e. The fraction of sp³-hybridized carbons (Fsp3) is 0.182. The number of likely N-dealkylation sites (N-methyl/N-ethyl adjacent to an activating group) is 1. The highest BCUT2D eigenvalue weighted by Gasteiger charge is 2.06. The molecule has 1 N–H and O–H groups in total. The van der Waals surface area contributed by atoms with Crippen LogP contribution in [0.1, 0.15) is 11.1 Å². The van der Waals surface area contributed by atoms with Gasteiger partial charge in [-0.3, -0.25) is 4.79 Å². The van der Waals surface area contributed by atoms with Crippen LogP contribution in [0.4, 0.5) is 4.39 Å². The van der Waals surface area contributed by atoms with E-state index in [9.17, 15) is 9.18 Å². The molecule has 1 aromatic carbocycles. The van der Waals surface area contributed by atoms with Crippen molar-refractivity contribution in [3.05, 3.63) is 41.7 Å². The second kappa shape index (κ2) is 4.56. The van der Waals surface area contributed by atoms with Crippen LogP contribution in [0.5, 0.6) is 0 Å². The normalized spacial score (nSPS) is 9.57. The van der Waals surface area contributed by atoms with Crippen LogP contribution < -0.4 is 5.32 Å². The third-order valence-electron chi connectivity index (χ3n) is 1.94. The molecule has 0 aliphatic heterocycles. The minimum atomic E-state index is -0.362. The third kappa shape index (κ3) is 2.42. The van der Waals surface area contributed by atoms with Gasteiger partial charge in [0.25, 0.3) is 0 Å². The molecule has 0 aliphatic rings. The molecule has 0 spiro atoms. The van der Waals surface area contributed by atoms with Gasteiger partial charge in [0.15, 0.2) is 0 Å². The lowest BCUT2D eigenvalue weighted by Crippen LogP contribution is -2.20. The van der Waals surface area contributed by atoms with Crippen LogP contribution in [0, 0.1) is 5.82 Å². The zero-order chi connectivity index (χ0) is 10.6. The van der Waals surface area contributed by atoms with Crippen LogP contribution in [0.25, 0.3) is 6.08 Å². The van der Waals surface area contributed by atoms with E-state index in [4.69, 9.17) is 0 Å². The molecule has 14 heavy (non-hydrogen) atoms. The summed E-state index contributed by atoms with van der Waals surface area (Å²) in [7, 11) is 1.53. The van der Waals surface area contributed by atoms with E-state index >= 15 is 0 Å². The van der Waals surface area contributed by atoms with Crippen LogP contribution >= 0.6 is 0 Å². The van der Waals surface area contributed by atoms with Crippen molar-refractivity contribution in [3.8, 4) is 0 Å². The first-order chi connectivity index (χ1) is 6.67. The summed E-state index contributed by atoms with van der Waals surface area (Å²) >= 11 is 0. The molecule has 2 nitrogen and oxygen atoms in total. The first kappa shape index (κ1) is 10.4. The summed E-state index contributed by atoms with van der Waals surface area (Å²) in [5.41, 5.74) is 1.20. The Balaban J connectivity index is 2.94. The summed E-state index contributed by atoms with van der Waals surface area (Å²) in [5.74, 6) is -0.565. The lowest BCUT2D eigenvalue weighted by Gasteiger charge is -2.03. The van der Waals surface area contributed by atoms with E-state index in [1.807, 2.05) is 0 Å². The van der Waals surface area contributed by atoms with Crippen LogP contribution in [-0.4, -0.2) is 13.0 Å². The summed E-state index contributed by atoms with van der Waals surface area (Å²) in [6, 6.07) is 4.59. The predicted octanol–water partition coefficient (Wildman–Crippen LogP) is 1.76. The van der Waals surface area contributed by atoms with E-state index in [-0.39, 0.29) is 18.1 Å². The molecule has 0 radical (unpaired) electrons. The highest BCUT2D eigenvalue weighted by Crippen LogP contribution is 2.12. The van der Waals surface area contributed by atoms with Crippen molar-refractivity contribution in [1.82, 2.24) is 5.32 Å². The molecular weight excluding hydrogens is 181 g/mol. The topological polar surface area (TPSA) is 29.1 Å². The first-order valence-electron chi connectivity index (χ1n) is 4.29. The fourth-order valence-corrected chi connectivity index (χ4v) is 1.12. The Morgan fingerprint density at radius 2 is 2.36 bits per heavy atom. The van der Waals surface area contributed by atoms with Crippen molar-refractivity contribution < 1.29 is 9.18 Å². The van der Waals surface area contributed by atoms with Crippen molar-refractivity contribution in [2.24, 2.45) is 0 Å². The Kier molecular flexibility index (Phi) is 3.40. The molecule has 0 aliphatic carbocycles. The summed E-state index contributed by atoms with van der Waals surface area (Å²) in [6.07, 6.45) is 1.68. The molecule has 1 aromatic rings. The summed E-state index contributed by atoms with van der Waals surface area (Å²) in [4.78, 5) is 11.0. The average Bonchev–Trinajstić information content (AvgIpc) is 2.21. The molecule has 0 fully saturated rings. The Bertz CT molecular complexity index is 360. The molecule has 0 aromatic heterocycles. The number of nitrogens with one attached hydrogen (secondary N) is 1. The van der Waals surface area contributed by atoms with Crippen molar-refractivity contribution >= 4 is 12.0 Å². The smallest absolute Gasteiger partial charge is 0.224 e. The van der Waals surface area contributed by atoms with Crippen LogP contribution in [0.3, 0.4) is 0 Å². The zero-order valence-electron chi connectivity index (χ0n) is 8.01. The fourth-order valence-electron chi connectivity index (χ4n) is 1.12. The van der Waals surface area contributed by atoms with Crippen molar-refractivity contribution in [1.29, 1.82) is 0 Å². The van der Waals surface area contributed by atoms with Gasteiger partial charge in [0, 0.05) is 7.05 Å². The number of benzene rings is 1. The van der Waals surface area contributed by atoms with E-state index in [0.717, 1.165) is 5.56 Å². The predicted molar refractivity (Wildman–Crippen MR) is 54.3 cm³/mol. The highest BCUT2D eigenvalue weighted by atomic mass is 19.1. The van der Waals surface area contributed by atoms with Gasteiger partial charge >= 0.3 is 0 Å². The number of halogens is 1. The second-order valence-corrected chi connectivity index (χ2v) is 2.90. The molecule has 0 heterocycles. The highest BCUT2D eigenvalue weighted by molar-refractivity contribution is 5.78. The van der Waals surface area contributed by atoms with E-state index in [0.29, 0.717) is 5.56 Å². The Hall–Kier alpha value is -1.64. The Morgan fingerprint density at radius 1 is 1.64 bits per heavy atom. The maximum absolute atomic E-state index is 13.2. The van der Waals surface area contributed by atoms with Crippen molar-refractivity contribution in [2.75, 3.05) is 7.05 Å². The number of rotatable bonds is 3. The van der Waals surface area contributed by atoms with E-state index in [1.165, 1.54) is 13.1 Å². The van der Waals surface area contributed by atoms with Gasteiger partial charge < -0.3 is 5.32 Å². The van der Waals surface area contributed by atoms with Gasteiger partial charge in [-0.25, -0.2) is 4.39 Å². The van der Waals surface area contributed by atoms with Crippen LogP contribution in [-0.2, 0) is 11.2 Å². The monoisotopic (exact) mass is 193 g/mol. The van der Waals surface area contributed by atoms with Gasteiger partial charge in [-0.15, -0.1) is 0 Å². The number of amides is 1. The minimum absolute atomic E-state index is 0.0595. The van der Waals surface area contributed by atoms with E-state index in [1.54, 1.807) is 18.2 Å². The first-order valence-corrected chi connectivity index (χ1v) is 4.29. The van der Waals surface area contributed by atoms with E-state index in [2.05, 4.69) is 11.9 Å². The quantitative estimate of drug-likeness (QED) is 0.778. The van der Waals surface area contributed by atoms with Gasteiger partial charge in [0.05, 0.1) is 6.42 Å². The lowest BCUT2D eigenvalue weighted by atomic mass is 10.1. The molecule has 0 saturated heterocycles. The molecule has 74 valence electrons. The van der Waals surface area contributed by atoms with Crippen LogP contribution in [0.15, 0.2) is 24.8 Å². The molecule has 0 unspecified atom stereocenters. The number of carbonyl (C=O) groups excluding carboxylic acids is 1. The molecule has 3 heteroatoms. The molecular formula is C11H12FNO. The van der Waals surface area contributed by atoms with Gasteiger partial charge in [0.1, 0.15) is 5.82 Å². The average molecular weight is 193 g/mol. The largest absolute Gasteiger partial charge is 0.359 e. The van der Waals surface area contributed by atoms with Crippen molar-refractivity contribution in [2.45, 2.75) is 6.42 Å². The molecule has 1 rings (SSSR count). The summed E-state index contributed by atoms with van der Waals surface area (Å²) < 4.78 is 13.2. The standard InChI is InChI=1S/C11H12FNO/c1-3-8-4-5-10(12)9(6-8)7-11(14)13-2/h3-6H,1,7H2,2H3,(H,13,14). The second-order valence-electron chi connectivity index (χ2n) is 2.90. The Labute approximate surface area is 82.4 Å². The SMILES string of the molecule is C=Cc1ccc(F)c(CC(=O)NC)c1. The Morgan fingerprint density at radius 3 is 2.93 bits per heavy atom. The van der Waals surface area contributed by atoms with Crippen LogP contribution in [0.2, 0.25) is 0 Å². The minimum Gasteiger partial charge on any atom is -0.359 e. The number of hydrogen-bond donors (Lipinski definition) is 1. The van der Waals surface area contributed by atoms with Gasteiger partial charge in [-0.1, -0.05) is 18.7 Å². The number of hydrogen-bond acceptors (Lipinski definition) is 1. The van der Waals surface area contributed by atoms with E-state index < -0.39 is 0 Å².